The molecule has 0 aromatic heterocycles. The predicted octanol–water partition coefficient (Wildman–Crippen LogP) is 2.86. The Labute approximate surface area is 161 Å². The van der Waals surface area contributed by atoms with Crippen molar-refractivity contribution in [1.29, 1.82) is 0 Å². The van der Waals surface area contributed by atoms with Gasteiger partial charge in [0.2, 0.25) is 0 Å². The first-order valence-electron chi connectivity index (χ1n) is 8.81. The Morgan fingerprint density at radius 2 is 1.64 bits per heavy atom. The van der Waals surface area contributed by atoms with Crippen LogP contribution in [0.1, 0.15) is 27.2 Å². The van der Waals surface area contributed by atoms with E-state index < -0.39 is 33.2 Å². The van der Waals surface area contributed by atoms with Crippen molar-refractivity contribution in [2.24, 2.45) is 0 Å². The lowest BCUT2D eigenvalue weighted by Crippen LogP contribution is -2.33. The Hall–Kier alpha value is -3.50. The molecule has 1 aromatic rings. The topological polar surface area (TPSA) is 130 Å². The highest BCUT2D eigenvalue weighted by Crippen LogP contribution is 2.34. The standard InChI is InChI=1S/C17H21N5O6/c1-4-9-19-15(11-18(5-2)6-3)16(23)20(17(19)24)12-7-8-13(21(25)26)14(10-12)22(27)28/h7-8,10-11H,4-6,9H2,1-3H3. The predicted molar refractivity (Wildman–Crippen MR) is 101 cm³/mol. The third-order valence-electron chi connectivity index (χ3n) is 4.31. The number of rotatable bonds is 8. The largest absolute Gasteiger partial charge is 0.376 e. The number of amides is 3. The minimum atomic E-state index is -0.914. The van der Waals surface area contributed by atoms with Gasteiger partial charge in [0.05, 0.1) is 15.5 Å². The van der Waals surface area contributed by atoms with E-state index in [9.17, 15) is 29.8 Å². The van der Waals surface area contributed by atoms with Crippen LogP contribution < -0.4 is 4.90 Å². The lowest BCUT2D eigenvalue weighted by atomic mass is 10.2. The van der Waals surface area contributed by atoms with Gasteiger partial charge in [0.25, 0.3) is 5.91 Å². The maximum absolute atomic E-state index is 12.9. The molecule has 0 N–H and O–H groups in total. The van der Waals surface area contributed by atoms with Crippen molar-refractivity contribution in [3.05, 3.63) is 50.3 Å². The summed E-state index contributed by atoms with van der Waals surface area (Å²) in [7, 11) is 0. The zero-order valence-electron chi connectivity index (χ0n) is 15.8. The summed E-state index contributed by atoms with van der Waals surface area (Å²) in [5.74, 6) is -0.631. The van der Waals surface area contributed by atoms with Crippen LogP contribution in [0.4, 0.5) is 21.9 Å². The molecule has 1 fully saturated rings. The molecule has 2 rings (SSSR count). The molecule has 1 aliphatic rings. The van der Waals surface area contributed by atoms with Gasteiger partial charge < -0.3 is 4.90 Å². The van der Waals surface area contributed by atoms with Crippen LogP contribution in [0.15, 0.2) is 30.1 Å². The zero-order valence-corrected chi connectivity index (χ0v) is 15.8. The molecular formula is C17H21N5O6. The molecule has 1 aliphatic heterocycles. The first-order chi connectivity index (χ1) is 13.3. The molecule has 150 valence electrons. The van der Waals surface area contributed by atoms with Crippen LogP contribution in [-0.2, 0) is 4.79 Å². The first-order valence-corrected chi connectivity index (χ1v) is 8.81. The van der Waals surface area contributed by atoms with E-state index >= 15 is 0 Å². The molecule has 0 radical (unpaired) electrons. The quantitative estimate of drug-likeness (QED) is 0.288. The van der Waals surface area contributed by atoms with Gasteiger partial charge in [-0.1, -0.05) is 6.92 Å². The van der Waals surface area contributed by atoms with Gasteiger partial charge in [-0.2, -0.15) is 0 Å². The SMILES string of the molecule is CCCN1C(=O)N(c2ccc([N+](=O)[O-])c([N+](=O)[O-])c2)C(=O)C1=CN(CC)CC. The van der Waals surface area contributed by atoms with Gasteiger partial charge in [0.1, 0.15) is 5.70 Å². The van der Waals surface area contributed by atoms with Crippen LogP contribution in [0.2, 0.25) is 0 Å². The van der Waals surface area contributed by atoms with Crippen LogP contribution in [0.5, 0.6) is 0 Å². The summed E-state index contributed by atoms with van der Waals surface area (Å²) in [6, 6.07) is 2.31. The summed E-state index contributed by atoms with van der Waals surface area (Å²) >= 11 is 0. The lowest BCUT2D eigenvalue weighted by Gasteiger charge is -2.19. The molecule has 28 heavy (non-hydrogen) atoms. The van der Waals surface area contributed by atoms with Crippen LogP contribution >= 0.6 is 0 Å². The normalized spacial score (nSPS) is 15.5. The molecule has 0 spiro atoms. The van der Waals surface area contributed by atoms with E-state index in [0.717, 1.165) is 23.1 Å². The number of hydrogen-bond acceptors (Lipinski definition) is 7. The number of imide groups is 1. The Balaban J connectivity index is 2.55. The molecule has 0 atom stereocenters. The average Bonchev–Trinajstić information content (AvgIpc) is 2.89. The second-order valence-corrected chi connectivity index (χ2v) is 6.00. The third kappa shape index (κ3) is 3.77. The lowest BCUT2D eigenvalue weighted by molar-refractivity contribution is -0.422. The summed E-state index contributed by atoms with van der Waals surface area (Å²) in [6.45, 7) is 7.22. The number of anilines is 1. The number of urea groups is 1. The van der Waals surface area contributed by atoms with E-state index in [2.05, 4.69) is 0 Å². The first kappa shape index (κ1) is 20.8. The number of carbonyl (C=O) groups is 2. The summed E-state index contributed by atoms with van der Waals surface area (Å²) < 4.78 is 0. The van der Waals surface area contributed by atoms with Crippen LogP contribution in [0, 0.1) is 20.2 Å². The fourth-order valence-corrected chi connectivity index (χ4v) is 2.86. The van der Waals surface area contributed by atoms with Crippen molar-refractivity contribution in [2.45, 2.75) is 27.2 Å². The van der Waals surface area contributed by atoms with Crippen molar-refractivity contribution in [2.75, 3.05) is 24.5 Å². The molecule has 0 unspecified atom stereocenters. The smallest absolute Gasteiger partial charge is 0.348 e. The molecule has 0 saturated carbocycles. The second-order valence-electron chi connectivity index (χ2n) is 6.00. The maximum atomic E-state index is 12.9. The third-order valence-corrected chi connectivity index (χ3v) is 4.31. The van der Waals surface area contributed by atoms with Crippen molar-refractivity contribution in [1.82, 2.24) is 9.80 Å². The van der Waals surface area contributed by atoms with Gasteiger partial charge in [0.15, 0.2) is 0 Å². The van der Waals surface area contributed by atoms with Crippen LogP contribution in [0.3, 0.4) is 0 Å². The van der Waals surface area contributed by atoms with E-state index in [1.807, 2.05) is 25.7 Å². The number of nitro groups is 2. The summed E-state index contributed by atoms with van der Waals surface area (Å²) in [5, 5.41) is 22.2. The Bertz CT molecular complexity index is 848. The minimum Gasteiger partial charge on any atom is -0.376 e. The van der Waals surface area contributed by atoms with E-state index in [1.54, 1.807) is 6.20 Å². The molecule has 3 amide bonds. The van der Waals surface area contributed by atoms with Gasteiger partial charge in [-0.3, -0.25) is 29.9 Å². The molecule has 1 heterocycles. The van der Waals surface area contributed by atoms with Crippen molar-refractivity contribution in [3.8, 4) is 0 Å². The highest BCUT2D eigenvalue weighted by Gasteiger charge is 2.43. The van der Waals surface area contributed by atoms with E-state index in [0.29, 0.717) is 26.1 Å². The molecule has 11 nitrogen and oxygen atoms in total. The van der Waals surface area contributed by atoms with Gasteiger partial charge in [-0.25, -0.2) is 9.69 Å². The van der Waals surface area contributed by atoms with Crippen LogP contribution in [-0.4, -0.2) is 51.2 Å². The van der Waals surface area contributed by atoms with Gasteiger partial charge in [-0.05, 0) is 26.3 Å². The van der Waals surface area contributed by atoms with Crippen molar-refractivity contribution < 1.29 is 19.4 Å². The number of carbonyl (C=O) groups excluding carboxylic acids is 2. The zero-order chi connectivity index (χ0) is 21.0. The Kier molecular flexibility index (Phi) is 6.29. The number of benzene rings is 1. The molecule has 11 heteroatoms. The number of hydrogen-bond donors (Lipinski definition) is 0. The van der Waals surface area contributed by atoms with Gasteiger partial charge in [-0.15, -0.1) is 0 Å². The van der Waals surface area contributed by atoms with Crippen molar-refractivity contribution >= 4 is 29.0 Å². The van der Waals surface area contributed by atoms with E-state index in [1.165, 1.54) is 4.90 Å². The number of nitrogens with zero attached hydrogens (tertiary/aromatic N) is 5. The summed E-state index contributed by atoms with van der Waals surface area (Å²) in [5.41, 5.74) is -1.42. The average molecular weight is 391 g/mol. The molecule has 0 aliphatic carbocycles. The fraction of sp³-hybridized carbons (Fsp3) is 0.412. The minimum absolute atomic E-state index is 0.0867. The van der Waals surface area contributed by atoms with Gasteiger partial charge >= 0.3 is 17.4 Å². The van der Waals surface area contributed by atoms with Crippen molar-refractivity contribution in [3.63, 3.8) is 0 Å². The maximum Gasteiger partial charge on any atom is 0.348 e. The second kappa shape index (κ2) is 8.46. The number of nitro benzene ring substituents is 2. The summed E-state index contributed by atoms with van der Waals surface area (Å²) in [4.78, 5) is 50.1. The van der Waals surface area contributed by atoms with Crippen LogP contribution in [0.25, 0.3) is 0 Å². The Morgan fingerprint density at radius 3 is 2.14 bits per heavy atom. The highest BCUT2D eigenvalue weighted by atomic mass is 16.6. The summed E-state index contributed by atoms with van der Waals surface area (Å²) in [6.07, 6.45) is 2.19. The monoisotopic (exact) mass is 391 g/mol. The molecular weight excluding hydrogens is 370 g/mol. The van der Waals surface area contributed by atoms with Gasteiger partial charge in [0, 0.05) is 38.0 Å². The fourth-order valence-electron chi connectivity index (χ4n) is 2.86. The molecule has 1 aromatic carbocycles. The van der Waals surface area contributed by atoms with E-state index in [4.69, 9.17) is 0 Å². The highest BCUT2D eigenvalue weighted by molar-refractivity contribution is 6.26. The van der Waals surface area contributed by atoms with E-state index in [-0.39, 0.29) is 11.4 Å². The molecule has 0 bridgehead atoms. The Morgan fingerprint density at radius 1 is 1.04 bits per heavy atom. The molecule has 1 saturated heterocycles.